The molecule has 2 atom stereocenters. The van der Waals surface area contributed by atoms with Crippen molar-refractivity contribution >= 4 is 33.5 Å². The maximum Gasteiger partial charge on any atom is 0.326 e. The van der Waals surface area contributed by atoms with E-state index >= 15 is 4.39 Å². The van der Waals surface area contributed by atoms with Crippen LogP contribution in [0.5, 0.6) is 5.75 Å². The van der Waals surface area contributed by atoms with E-state index in [1.165, 1.54) is 43.5 Å². The number of aromatic nitrogens is 2. The third kappa shape index (κ3) is 8.63. The van der Waals surface area contributed by atoms with Gasteiger partial charge in [0.15, 0.2) is 0 Å². The Morgan fingerprint density at radius 3 is 2.43 bits per heavy atom. The molecular weight excluding hydrogens is 591 g/mol. The quantitative estimate of drug-likeness (QED) is 0.269. The van der Waals surface area contributed by atoms with Gasteiger partial charge in [-0.25, -0.2) is 22.8 Å². The molecular formula is C30H37FN6O6S. The molecule has 0 saturated carbocycles. The Kier molecular flexibility index (Phi) is 10.4. The van der Waals surface area contributed by atoms with Gasteiger partial charge in [0, 0.05) is 31.0 Å². The Morgan fingerprint density at radius 1 is 1.09 bits per heavy atom. The Bertz CT molecular complexity index is 1550. The molecule has 1 fully saturated rings. The molecule has 12 nitrogen and oxygen atoms in total. The molecule has 4 rings (SSSR count). The van der Waals surface area contributed by atoms with Gasteiger partial charge in [0.2, 0.25) is 16.0 Å². The molecule has 0 radical (unpaired) electrons. The summed E-state index contributed by atoms with van der Waals surface area (Å²) in [7, 11) is -2.74. The second kappa shape index (κ2) is 14.0. The van der Waals surface area contributed by atoms with E-state index in [0.29, 0.717) is 23.9 Å². The number of nitrogens with zero attached hydrogens (tertiary/aromatic N) is 3. The minimum Gasteiger partial charge on any atom is -0.497 e. The van der Waals surface area contributed by atoms with Gasteiger partial charge < -0.3 is 25.0 Å². The zero-order chi connectivity index (χ0) is 31.9. The van der Waals surface area contributed by atoms with Crippen LogP contribution in [0.3, 0.4) is 0 Å². The van der Waals surface area contributed by atoms with Gasteiger partial charge in [0.05, 0.1) is 17.7 Å². The van der Waals surface area contributed by atoms with E-state index < -0.39 is 45.9 Å². The number of halogens is 1. The van der Waals surface area contributed by atoms with Crippen LogP contribution in [-0.4, -0.2) is 68.3 Å². The average Bonchev–Trinajstić information content (AvgIpc) is 2.99. The number of hydrogen-bond acceptors (Lipinski definition) is 10. The van der Waals surface area contributed by atoms with Crippen molar-refractivity contribution in [3.63, 3.8) is 0 Å². The number of nitrogens with one attached hydrogen (secondary N) is 3. The van der Waals surface area contributed by atoms with E-state index in [9.17, 15) is 18.0 Å². The predicted octanol–water partition coefficient (Wildman–Crippen LogP) is 3.47. The molecule has 14 heteroatoms. The standard InChI is InChI=1S/C30H37FN6O6S/c1-30(2,3)43-28(39)24(36-44(40,41)22-12-10-21(42-4)11-13-22)19-34-27(38)20-9-14-25(23(31)18-20)37-17-6-5-8-26(37)35-29-32-15-7-16-33-29/h7,9-16,18,24,26,36H,5-6,8,17,19H2,1-4H3,(H,34,38)(H,32,33,35). The Hall–Kier alpha value is -4.30. The fourth-order valence-electron chi connectivity index (χ4n) is 4.63. The van der Waals surface area contributed by atoms with Crippen LogP contribution in [0.1, 0.15) is 50.4 Å². The summed E-state index contributed by atoms with van der Waals surface area (Å²) in [5, 5.41) is 5.77. The lowest BCUT2D eigenvalue weighted by atomic mass is 10.1. The van der Waals surface area contributed by atoms with E-state index in [1.807, 2.05) is 4.90 Å². The molecule has 0 bridgehead atoms. The average molecular weight is 629 g/mol. The van der Waals surface area contributed by atoms with Crippen LogP contribution in [0.15, 0.2) is 65.8 Å². The van der Waals surface area contributed by atoms with E-state index in [4.69, 9.17) is 9.47 Å². The molecule has 1 amide bonds. The lowest BCUT2D eigenvalue weighted by molar-refractivity contribution is -0.156. The van der Waals surface area contributed by atoms with Crippen LogP contribution < -0.4 is 25.0 Å². The van der Waals surface area contributed by atoms with E-state index in [0.717, 1.165) is 25.3 Å². The topological polar surface area (TPSA) is 152 Å². The third-order valence-electron chi connectivity index (χ3n) is 6.71. The maximum absolute atomic E-state index is 15.4. The minimum absolute atomic E-state index is 0.000103. The summed E-state index contributed by atoms with van der Waals surface area (Å²) in [6.45, 7) is 5.06. The molecule has 2 unspecified atom stereocenters. The number of carbonyl (C=O) groups excluding carboxylic acids is 2. The number of anilines is 2. The Balaban J connectivity index is 1.47. The lowest BCUT2D eigenvalue weighted by Crippen LogP contribution is -2.50. The van der Waals surface area contributed by atoms with Gasteiger partial charge in [0.1, 0.15) is 29.4 Å². The summed E-state index contributed by atoms with van der Waals surface area (Å²) < 4.78 is 54.3. The summed E-state index contributed by atoms with van der Waals surface area (Å²) in [5.41, 5.74) is -0.605. The molecule has 3 aromatic rings. The number of hydrogen-bond donors (Lipinski definition) is 3. The van der Waals surface area contributed by atoms with Crippen LogP contribution in [0, 0.1) is 5.82 Å². The molecule has 236 valence electrons. The summed E-state index contributed by atoms with van der Waals surface area (Å²) in [5.74, 6) is -1.30. The highest BCUT2D eigenvalue weighted by molar-refractivity contribution is 7.89. The largest absolute Gasteiger partial charge is 0.497 e. The maximum atomic E-state index is 15.4. The lowest BCUT2D eigenvalue weighted by Gasteiger charge is -2.38. The zero-order valence-corrected chi connectivity index (χ0v) is 25.9. The number of carbonyl (C=O) groups is 2. The number of sulfonamides is 1. The molecule has 1 aliphatic heterocycles. The highest BCUT2D eigenvalue weighted by Crippen LogP contribution is 2.28. The first-order valence-electron chi connectivity index (χ1n) is 14.1. The van der Waals surface area contributed by atoms with Gasteiger partial charge in [0.25, 0.3) is 5.91 Å². The highest BCUT2D eigenvalue weighted by Gasteiger charge is 2.31. The number of esters is 1. The summed E-state index contributed by atoms with van der Waals surface area (Å²) >= 11 is 0. The van der Waals surface area contributed by atoms with Crippen molar-refractivity contribution in [3.05, 3.63) is 72.3 Å². The first kappa shape index (κ1) is 32.6. The number of methoxy groups -OCH3 is 1. The fraction of sp³-hybridized carbons (Fsp3) is 0.400. The summed E-state index contributed by atoms with van der Waals surface area (Å²) in [6, 6.07) is 9.93. The number of benzene rings is 2. The first-order valence-corrected chi connectivity index (χ1v) is 15.6. The van der Waals surface area contributed by atoms with Crippen molar-refractivity contribution in [1.82, 2.24) is 20.0 Å². The zero-order valence-electron chi connectivity index (χ0n) is 25.0. The van der Waals surface area contributed by atoms with Gasteiger partial charge in [-0.05, 0) is 88.6 Å². The van der Waals surface area contributed by atoms with Gasteiger partial charge in [-0.3, -0.25) is 9.59 Å². The van der Waals surface area contributed by atoms with Crippen molar-refractivity contribution < 1.29 is 31.9 Å². The summed E-state index contributed by atoms with van der Waals surface area (Å²) in [6.07, 6.45) is 5.56. The van der Waals surface area contributed by atoms with Gasteiger partial charge in [-0.2, -0.15) is 4.72 Å². The third-order valence-corrected chi connectivity index (χ3v) is 8.20. The normalized spacial score (nSPS) is 16.1. The fourth-order valence-corrected chi connectivity index (χ4v) is 5.81. The SMILES string of the molecule is COc1ccc(S(=O)(=O)NC(CNC(=O)c2ccc(N3CCCCC3Nc3ncccn3)c(F)c2)C(=O)OC(C)(C)C)cc1. The van der Waals surface area contributed by atoms with Crippen molar-refractivity contribution in [2.24, 2.45) is 0 Å². The van der Waals surface area contributed by atoms with Gasteiger partial charge >= 0.3 is 5.97 Å². The van der Waals surface area contributed by atoms with Gasteiger partial charge in [-0.1, -0.05) is 0 Å². The minimum atomic E-state index is -4.19. The van der Waals surface area contributed by atoms with Crippen LogP contribution >= 0.6 is 0 Å². The molecule has 0 spiro atoms. The number of ether oxygens (including phenoxy) is 2. The summed E-state index contributed by atoms with van der Waals surface area (Å²) in [4.78, 5) is 36.2. The number of amides is 1. The first-order chi connectivity index (χ1) is 20.9. The molecule has 1 saturated heterocycles. The number of rotatable bonds is 11. The van der Waals surface area contributed by atoms with Gasteiger partial charge in [-0.15, -0.1) is 0 Å². The van der Waals surface area contributed by atoms with Crippen molar-refractivity contribution in [2.45, 2.75) is 62.7 Å². The molecule has 0 aliphatic carbocycles. The molecule has 2 heterocycles. The number of piperidine rings is 1. The smallest absolute Gasteiger partial charge is 0.326 e. The molecule has 2 aromatic carbocycles. The van der Waals surface area contributed by atoms with Crippen molar-refractivity contribution in [3.8, 4) is 5.75 Å². The predicted molar refractivity (Wildman–Crippen MR) is 162 cm³/mol. The molecule has 1 aromatic heterocycles. The van der Waals surface area contributed by atoms with Crippen molar-refractivity contribution in [1.29, 1.82) is 0 Å². The van der Waals surface area contributed by atoms with Crippen molar-refractivity contribution in [2.75, 3.05) is 30.4 Å². The second-order valence-electron chi connectivity index (χ2n) is 11.2. The van der Waals surface area contributed by atoms with E-state index in [2.05, 4.69) is 25.3 Å². The Labute approximate surface area is 256 Å². The Morgan fingerprint density at radius 2 is 1.80 bits per heavy atom. The second-order valence-corrected chi connectivity index (χ2v) is 12.9. The molecule has 1 aliphatic rings. The van der Waals surface area contributed by atoms with Crippen LogP contribution in [-0.2, 0) is 19.6 Å². The van der Waals surface area contributed by atoms with E-state index in [1.54, 1.807) is 39.2 Å². The van der Waals surface area contributed by atoms with Crippen LogP contribution in [0.2, 0.25) is 0 Å². The van der Waals surface area contributed by atoms with Crippen LogP contribution in [0.4, 0.5) is 16.0 Å². The molecule has 44 heavy (non-hydrogen) atoms. The van der Waals surface area contributed by atoms with E-state index in [-0.39, 0.29) is 16.6 Å². The molecule has 3 N–H and O–H groups in total. The highest BCUT2D eigenvalue weighted by atomic mass is 32.2. The van der Waals surface area contributed by atoms with Crippen LogP contribution in [0.25, 0.3) is 0 Å². The monoisotopic (exact) mass is 628 g/mol.